The van der Waals surface area contributed by atoms with Crippen LogP contribution >= 0.6 is 23.1 Å². The molecule has 0 atom stereocenters. The predicted octanol–water partition coefficient (Wildman–Crippen LogP) is 0.844. The van der Waals surface area contributed by atoms with Gasteiger partial charge in [0, 0.05) is 38.5 Å². The minimum absolute atomic E-state index is 1.06. The summed E-state index contributed by atoms with van der Waals surface area (Å²) in [6.45, 7) is 7.76. The molecule has 1 saturated heterocycles. The second-order valence-corrected chi connectivity index (χ2v) is 6.05. The first-order chi connectivity index (χ1) is 7.34. The molecule has 0 radical (unpaired) electrons. The molecule has 1 aliphatic heterocycles. The molecule has 0 saturated carbocycles. The largest absolute Gasteiger partial charge is 0.314 e. The zero-order valence-electron chi connectivity index (χ0n) is 8.90. The molecule has 0 spiro atoms. The summed E-state index contributed by atoms with van der Waals surface area (Å²) in [7, 11) is 0. The van der Waals surface area contributed by atoms with E-state index < -0.39 is 0 Å². The lowest BCUT2D eigenvalue weighted by molar-refractivity contribution is 0.255. The Labute approximate surface area is 98.5 Å². The third kappa shape index (κ3) is 3.71. The highest BCUT2D eigenvalue weighted by molar-refractivity contribution is 8.01. The van der Waals surface area contributed by atoms with E-state index >= 15 is 0 Å². The summed E-state index contributed by atoms with van der Waals surface area (Å²) in [5, 5.41) is 12.5. The first-order valence-corrected chi connectivity index (χ1v) is 7.01. The third-order valence-corrected chi connectivity index (χ3v) is 4.30. The van der Waals surface area contributed by atoms with E-state index in [2.05, 4.69) is 20.4 Å². The molecule has 6 heteroatoms. The van der Waals surface area contributed by atoms with Gasteiger partial charge in [0.2, 0.25) is 0 Å². The van der Waals surface area contributed by atoms with Gasteiger partial charge in [-0.05, 0) is 6.92 Å². The van der Waals surface area contributed by atoms with Crippen molar-refractivity contribution in [1.29, 1.82) is 0 Å². The molecule has 4 nitrogen and oxygen atoms in total. The zero-order valence-corrected chi connectivity index (χ0v) is 10.5. The molecule has 1 fully saturated rings. The summed E-state index contributed by atoms with van der Waals surface area (Å²) < 4.78 is 1.10. The Morgan fingerprint density at radius 3 is 2.87 bits per heavy atom. The summed E-state index contributed by atoms with van der Waals surface area (Å²) in [5.74, 6) is 1.12. The van der Waals surface area contributed by atoms with Gasteiger partial charge in [0.25, 0.3) is 0 Å². The van der Waals surface area contributed by atoms with Crippen LogP contribution in [0.25, 0.3) is 0 Å². The molecule has 1 N–H and O–H groups in total. The van der Waals surface area contributed by atoms with Crippen LogP contribution in [0, 0.1) is 6.92 Å². The second kappa shape index (κ2) is 5.79. The van der Waals surface area contributed by atoms with Crippen molar-refractivity contribution in [1.82, 2.24) is 20.4 Å². The van der Waals surface area contributed by atoms with Crippen LogP contribution in [-0.2, 0) is 0 Å². The van der Waals surface area contributed by atoms with Crippen molar-refractivity contribution in [3.63, 3.8) is 0 Å². The Morgan fingerprint density at radius 2 is 2.20 bits per heavy atom. The van der Waals surface area contributed by atoms with E-state index in [-0.39, 0.29) is 0 Å². The molecule has 1 aromatic heterocycles. The maximum absolute atomic E-state index is 4.10. The van der Waals surface area contributed by atoms with E-state index in [0.717, 1.165) is 34.7 Å². The smallest absolute Gasteiger partial charge is 0.174 e. The SMILES string of the molecule is Cc1nnc(SCCN2CCNCC2)s1. The highest BCUT2D eigenvalue weighted by Gasteiger charge is 2.09. The molecular formula is C9H16N4S2. The third-order valence-electron chi connectivity index (χ3n) is 2.35. The fourth-order valence-corrected chi connectivity index (χ4v) is 3.42. The van der Waals surface area contributed by atoms with Gasteiger partial charge in [0.15, 0.2) is 4.34 Å². The highest BCUT2D eigenvalue weighted by atomic mass is 32.2. The van der Waals surface area contributed by atoms with Gasteiger partial charge in [-0.15, -0.1) is 10.2 Å². The van der Waals surface area contributed by atoms with Crippen molar-refractivity contribution in [2.24, 2.45) is 0 Å². The number of rotatable bonds is 4. The topological polar surface area (TPSA) is 41.1 Å². The van der Waals surface area contributed by atoms with Crippen molar-refractivity contribution in [3.05, 3.63) is 5.01 Å². The number of piperazine rings is 1. The van der Waals surface area contributed by atoms with Crippen LogP contribution < -0.4 is 5.32 Å². The van der Waals surface area contributed by atoms with E-state index in [0.29, 0.717) is 0 Å². The Kier molecular flexibility index (Phi) is 4.37. The van der Waals surface area contributed by atoms with Gasteiger partial charge in [-0.2, -0.15) is 0 Å². The van der Waals surface area contributed by atoms with Crippen LogP contribution in [-0.4, -0.2) is 53.6 Å². The van der Waals surface area contributed by atoms with E-state index in [9.17, 15) is 0 Å². The molecule has 0 bridgehead atoms. The molecule has 15 heavy (non-hydrogen) atoms. The first-order valence-electron chi connectivity index (χ1n) is 5.20. The van der Waals surface area contributed by atoms with Gasteiger partial charge in [0.05, 0.1) is 0 Å². The normalized spacial score (nSPS) is 18.2. The quantitative estimate of drug-likeness (QED) is 0.795. The first kappa shape index (κ1) is 11.3. The Morgan fingerprint density at radius 1 is 1.40 bits per heavy atom. The van der Waals surface area contributed by atoms with Crippen LogP contribution in [0.4, 0.5) is 0 Å². The van der Waals surface area contributed by atoms with Crippen LogP contribution in [0.5, 0.6) is 0 Å². The van der Waals surface area contributed by atoms with Gasteiger partial charge in [0.1, 0.15) is 5.01 Å². The number of nitrogens with one attached hydrogen (secondary N) is 1. The van der Waals surface area contributed by atoms with Gasteiger partial charge in [-0.25, -0.2) is 0 Å². The monoisotopic (exact) mass is 244 g/mol. The van der Waals surface area contributed by atoms with Crippen molar-refractivity contribution in [3.8, 4) is 0 Å². The van der Waals surface area contributed by atoms with Crippen molar-refractivity contribution in [2.45, 2.75) is 11.3 Å². The highest BCUT2D eigenvalue weighted by Crippen LogP contribution is 2.21. The minimum Gasteiger partial charge on any atom is -0.314 e. The lowest BCUT2D eigenvalue weighted by Gasteiger charge is -2.26. The Balaban J connectivity index is 1.65. The maximum Gasteiger partial charge on any atom is 0.174 e. The predicted molar refractivity (Wildman–Crippen MR) is 64.7 cm³/mol. The van der Waals surface area contributed by atoms with Crippen LogP contribution in [0.3, 0.4) is 0 Å². The average Bonchev–Trinajstić information content (AvgIpc) is 2.66. The summed E-state index contributed by atoms with van der Waals surface area (Å²) in [4.78, 5) is 2.50. The lowest BCUT2D eigenvalue weighted by atomic mass is 10.4. The molecule has 1 aromatic rings. The number of nitrogens with zero attached hydrogens (tertiary/aromatic N) is 3. The molecule has 0 amide bonds. The van der Waals surface area contributed by atoms with Gasteiger partial charge in [-0.3, -0.25) is 4.90 Å². The molecule has 2 rings (SSSR count). The van der Waals surface area contributed by atoms with Crippen molar-refractivity contribution >= 4 is 23.1 Å². The fourth-order valence-electron chi connectivity index (χ4n) is 1.53. The van der Waals surface area contributed by atoms with Crippen molar-refractivity contribution in [2.75, 3.05) is 38.5 Å². The molecular weight excluding hydrogens is 228 g/mol. The molecule has 0 aliphatic carbocycles. The van der Waals surface area contributed by atoms with E-state index in [1.54, 1.807) is 11.3 Å². The molecule has 2 heterocycles. The van der Waals surface area contributed by atoms with Gasteiger partial charge >= 0.3 is 0 Å². The summed E-state index contributed by atoms with van der Waals surface area (Å²) in [5.41, 5.74) is 0. The fraction of sp³-hybridized carbons (Fsp3) is 0.778. The molecule has 84 valence electrons. The average molecular weight is 244 g/mol. The standard InChI is InChI=1S/C9H16N4S2/c1-8-11-12-9(15-8)14-7-6-13-4-2-10-3-5-13/h10H,2-7H2,1H3. The van der Waals surface area contributed by atoms with Crippen molar-refractivity contribution < 1.29 is 0 Å². The zero-order chi connectivity index (χ0) is 10.5. The molecule has 0 unspecified atom stereocenters. The number of hydrogen-bond donors (Lipinski definition) is 1. The van der Waals surface area contributed by atoms with Crippen LogP contribution in [0.1, 0.15) is 5.01 Å². The number of aromatic nitrogens is 2. The number of thioether (sulfide) groups is 1. The summed E-state index contributed by atoms with van der Waals surface area (Å²) in [6, 6.07) is 0. The van der Waals surface area contributed by atoms with Gasteiger partial charge in [-0.1, -0.05) is 23.1 Å². The minimum atomic E-state index is 1.06. The summed E-state index contributed by atoms with van der Waals surface area (Å²) in [6.07, 6.45) is 0. The Bertz CT molecular complexity index is 296. The summed E-state index contributed by atoms with van der Waals surface area (Å²) >= 11 is 3.50. The molecule has 0 aromatic carbocycles. The van der Waals surface area contributed by atoms with Gasteiger partial charge < -0.3 is 5.32 Å². The number of aryl methyl sites for hydroxylation is 1. The lowest BCUT2D eigenvalue weighted by Crippen LogP contribution is -2.44. The van der Waals surface area contributed by atoms with Crippen LogP contribution in [0.15, 0.2) is 4.34 Å². The molecule has 1 aliphatic rings. The van der Waals surface area contributed by atoms with E-state index in [4.69, 9.17) is 0 Å². The maximum atomic E-state index is 4.10. The number of hydrogen-bond acceptors (Lipinski definition) is 6. The second-order valence-electron chi connectivity index (χ2n) is 3.53. The Hall–Kier alpha value is -0.170. The van der Waals surface area contributed by atoms with Crippen LogP contribution in [0.2, 0.25) is 0 Å². The van der Waals surface area contributed by atoms with E-state index in [1.165, 1.54) is 13.1 Å². The van der Waals surface area contributed by atoms with E-state index in [1.807, 2.05) is 18.7 Å².